The molecule has 0 aliphatic rings. The van der Waals surface area contributed by atoms with Crippen molar-refractivity contribution in [1.29, 1.82) is 0 Å². The van der Waals surface area contributed by atoms with Crippen LogP contribution < -0.4 is 10.1 Å². The summed E-state index contributed by atoms with van der Waals surface area (Å²) in [5.74, 6) is 0.0888. The molecule has 3 rings (SSSR count). The molecule has 0 aliphatic carbocycles. The first-order valence-corrected chi connectivity index (χ1v) is 8.85. The molecule has 3 aromatic rings. The normalized spacial score (nSPS) is 11.5. The maximum atomic E-state index is 12.9. The molecule has 0 radical (unpaired) electrons. The standard InChI is InChI=1S/C19H19F3N6O2/c1-27(2)7-8-30-14-10-15(26-17(11-14)28-6-5-23-12-28)18(29)25-13-3-4-24-16(9-13)19(20,21)22/h3-6,9-12H,7-8H2,1-2H3,(H,24,25,29). The number of rotatable bonds is 7. The number of halogens is 3. The number of hydrogen-bond donors (Lipinski definition) is 1. The third kappa shape index (κ3) is 5.54. The van der Waals surface area contributed by atoms with Gasteiger partial charge in [-0.05, 0) is 26.2 Å². The predicted molar refractivity (Wildman–Crippen MR) is 103 cm³/mol. The molecule has 158 valence electrons. The Labute approximate surface area is 170 Å². The second-order valence-corrected chi connectivity index (χ2v) is 6.55. The largest absolute Gasteiger partial charge is 0.492 e. The van der Waals surface area contributed by atoms with Crippen LogP contribution in [-0.4, -0.2) is 57.6 Å². The van der Waals surface area contributed by atoms with Gasteiger partial charge in [-0.25, -0.2) is 9.97 Å². The number of nitrogens with one attached hydrogen (secondary N) is 1. The first kappa shape index (κ1) is 21.2. The molecule has 11 heteroatoms. The molecule has 0 bridgehead atoms. The highest BCUT2D eigenvalue weighted by Gasteiger charge is 2.32. The summed E-state index contributed by atoms with van der Waals surface area (Å²) in [6.07, 6.45) is 1.06. The number of nitrogens with zero attached hydrogens (tertiary/aromatic N) is 5. The summed E-state index contributed by atoms with van der Waals surface area (Å²) >= 11 is 0. The van der Waals surface area contributed by atoms with E-state index in [0.29, 0.717) is 24.7 Å². The fraction of sp³-hybridized carbons (Fsp3) is 0.263. The number of carbonyl (C=O) groups is 1. The molecule has 3 heterocycles. The second-order valence-electron chi connectivity index (χ2n) is 6.55. The molecule has 0 aliphatic heterocycles. The fourth-order valence-electron chi connectivity index (χ4n) is 2.42. The zero-order chi connectivity index (χ0) is 21.7. The Morgan fingerprint density at radius 1 is 1.23 bits per heavy atom. The highest BCUT2D eigenvalue weighted by atomic mass is 19.4. The smallest absolute Gasteiger partial charge is 0.433 e. The predicted octanol–water partition coefficient (Wildman–Crippen LogP) is 2.87. The first-order chi connectivity index (χ1) is 14.2. The molecule has 30 heavy (non-hydrogen) atoms. The van der Waals surface area contributed by atoms with E-state index >= 15 is 0 Å². The lowest BCUT2D eigenvalue weighted by Crippen LogP contribution is -2.20. The molecular weight excluding hydrogens is 401 g/mol. The third-order valence-electron chi connectivity index (χ3n) is 3.90. The van der Waals surface area contributed by atoms with E-state index in [4.69, 9.17) is 4.74 Å². The van der Waals surface area contributed by atoms with Crippen LogP contribution in [0.3, 0.4) is 0 Å². The van der Waals surface area contributed by atoms with E-state index in [1.54, 1.807) is 23.0 Å². The van der Waals surface area contributed by atoms with Crippen molar-refractivity contribution in [2.24, 2.45) is 0 Å². The van der Waals surface area contributed by atoms with Crippen LogP contribution in [0.25, 0.3) is 5.82 Å². The minimum atomic E-state index is -4.62. The number of pyridine rings is 2. The van der Waals surface area contributed by atoms with Gasteiger partial charge in [-0.3, -0.25) is 14.3 Å². The molecule has 3 aromatic heterocycles. The number of imidazole rings is 1. The quantitative estimate of drug-likeness (QED) is 0.633. The van der Waals surface area contributed by atoms with Gasteiger partial charge in [-0.1, -0.05) is 0 Å². The van der Waals surface area contributed by atoms with Crippen molar-refractivity contribution in [2.75, 3.05) is 32.6 Å². The summed E-state index contributed by atoms with van der Waals surface area (Å²) in [5.41, 5.74) is -1.17. The van der Waals surface area contributed by atoms with Crippen molar-refractivity contribution in [3.8, 4) is 11.6 Å². The van der Waals surface area contributed by atoms with Crippen LogP contribution in [-0.2, 0) is 6.18 Å². The fourth-order valence-corrected chi connectivity index (χ4v) is 2.42. The van der Waals surface area contributed by atoms with Crippen molar-refractivity contribution in [3.63, 3.8) is 0 Å². The summed E-state index contributed by atoms with van der Waals surface area (Å²) in [6, 6.07) is 5.09. The van der Waals surface area contributed by atoms with Gasteiger partial charge in [0.15, 0.2) is 0 Å². The number of carbonyl (C=O) groups excluding carboxylic acids is 1. The molecule has 1 amide bonds. The van der Waals surface area contributed by atoms with Crippen LogP contribution in [0.5, 0.6) is 5.75 Å². The van der Waals surface area contributed by atoms with Gasteiger partial charge >= 0.3 is 6.18 Å². The van der Waals surface area contributed by atoms with Gasteiger partial charge in [-0.15, -0.1) is 0 Å². The number of alkyl halides is 3. The van der Waals surface area contributed by atoms with E-state index in [1.807, 2.05) is 19.0 Å². The molecule has 8 nitrogen and oxygen atoms in total. The average Bonchev–Trinajstić information content (AvgIpc) is 3.22. The van der Waals surface area contributed by atoms with Gasteiger partial charge in [-0.2, -0.15) is 13.2 Å². The summed E-state index contributed by atoms with van der Waals surface area (Å²) < 4.78 is 45.8. The number of hydrogen-bond acceptors (Lipinski definition) is 6. The van der Waals surface area contributed by atoms with E-state index in [9.17, 15) is 18.0 Å². The van der Waals surface area contributed by atoms with Gasteiger partial charge in [0.05, 0.1) is 0 Å². The van der Waals surface area contributed by atoms with Gasteiger partial charge in [0.1, 0.15) is 35.9 Å². The lowest BCUT2D eigenvalue weighted by molar-refractivity contribution is -0.141. The second kappa shape index (κ2) is 8.91. The summed E-state index contributed by atoms with van der Waals surface area (Å²) in [5, 5.41) is 2.41. The molecule has 0 fully saturated rings. The van der Waals surface area contributed by atoms with Crippen molar-refractivity contribution < 1.29 is 22.7 Å². The number of ether oxygens (including phenoxy) is 1. The van der Waals surface area contributed by atoms with Crippen LogP contribution in [0.2, 0.25) is 0 Å². The minimum Gasteiger partial charge on any atom is -0.492 e. The molecule has 1 N–H and O–H groups in total. The van der Waals surface area contributed by atoms with Crippen LogP contribution in [0, 0.1) is 0 Å². The maximum Gasteiger partial charge on any atom is 0.433 e. The van der Waals surface area contributed by atoms with Crippen LogP contribution >= 0.6 is 0 Å². The Morgan fingerprint density at radius 2 is 2.03 bits per heavy atom. The molecule has 0 atom stereocenters. The van der Waals surface area contributed by atoms with E-state index in [2.05, 4.69) is 20.3 Å². The Kier molecular flexibility index (Phi) is 6.31. The molecular formula is C19H19F3N6O2. The van der Waals surface area contributed by atoms with Crippen molar-refractivity contribution in [1.82, 2.24) is 24.4 Å². The monoisotopic (exact) mass is 420 g/mol. The first-order valence-electron chi connectivity index (χ1n) is 8.85. The Morgan fingerprint density at radius 3 is 2.70 bits per heavy atom. The zero-order valence-corrected chi connectivity index (χ0v) is 16.2. The van der Waals surface area contributed by atoms with Gasteiger partial charge in [0, 0.05) is 43.0 Å². The number of aromatic nitrogens is 4. The molecule has 0 saturated carbocycles. The zero-order valence-electron chi connectivity index (χ0n) is 16.2. The van der Waals surface area contributed by atoms with Gasteiger partial charge in [0.2, 0.25) is 0 Å². The summed E-state index contributed by atoms with van der Waals surface area (Å²) in [7, 11) is 3.80. The summed E-state index contributed by atoms with van der Waals surface area (Å²) in [4.78, 5) is 26.1. The highest BCUT2D eigenvalue weighted by molar-refractivity contribution is 6.03. The topological polar surface area (TPSA) is 85.2 Å². The lowest BCUT2D eigenvalue weighted by atomic mass is 10.2. The number of amides is 1. The van der Waals surface area contributed by atoms with Crippen molar-refractivity contribution in [3.05, 3.63) is 60.6 Å². The van der Waals surface area contributed by atoms with E-state index in [0.717, 1.165) is 12.3 Å². The van der Waals surface area contributed by atoms with Crippen molar-refractivity contribution >= 4 is 11.6 Å². The Hall–Kier alpha value is -3.47. The average molecular weight is 420 g/mol. The third-order valence-corrected chi connectivity index (χ3v) is 3.90. The van der Waals surface area contributed by atoms with Crippen molar-refractivity contribution in [2.45, 2.75) is 6.18 Å². The molecule has 0 saturated heterocycles. The van der Waals surface area contributed by atoms with Crippen LogP contribution in [0.1, 0.15) is 16.2 Å². The molecule has 0 aromatic carbocycles. The SMILES string of the molecule is CN(C)CCOc1cc(C(=O)Nc2ccnc(C(F)(F)F)c2)nc(-n2ccnc2)c1. The molecule has 0 spiro atoms. The van der Waals surface area contributed by atoms with E-state index in [1.165, 1.54) is 18.5 Å². The number of likely N-dealkylation sites (N-methyl/N-ethyl adjacent to an activating group) is 1. The van der Waals surface area contributed by atoms with Crippen LogP contribution in [0.4, 0.5) is 18.9 Å². The Balaban J connectivity index is 1.86. The van der Waals surface area contributed by atoms with E-state index < -0.39 is 17.8 Å². The molecule has 0 unspecified atom stereocenters. The lowest BCUT2D eigenvalue weighted by Gasteiger charge is -2.13. The van der Waals surface area contributed by atoms with Gasteiger partial charge in [0.25, 0.3) is 5.91 Å². The highest BCUT2D eigenvalue weighted by Crippen LogP contribution is 2.29. The van der Waals surface area contributed by atoms with Crippen LogP contribution in [0.15, 0.2) is 49.2 Å². The van der Waals surface area contributed by atoms with E-state index in [-0.39, 0.29) is 11.4 Å². The minimum absolute atomic E-state index is 0.0218. The van der Waals surface area contributed by atoms with Gasteiger partial charge < -0.3 is 15.0 Å². The Bertz CT molecular complexity index is 1010. The maximum absolute atomic E-state index is 12.9. The number of anilines is 1. The summed E-state index contributed by atoms with van der Waals surface area (Å²) in [6.45, 7) is 1.03.